The van der Waals surface area contributed by atoms with Crippen LogP contribution in [0.2, 0.25) is 0 Å². The van der Waals surface area contributed by atoms with Crippen molar-refractivity contribution < 1.29 is 19.0 Å². The molecule has 1 amide bonds. The van der Waals surface area contributed by atoms with Crippen molar-refractivity contribution >= 4 is 5.91 Å². The van der Waals surface area contributed by atoms with E-state index in [0.29, 0.717) is 30.3 Å². The Morgan fingerprint density at radius 3 is 2.40 bits per heavy atom. The number of benzene rings is 3. The molecule has 1 atom stereocenters. The zero-order valence-electron chi connectivity index (χ0n) is 19.9. The molecule has 0 bridgehead atoms. The third-order valence-electron chi connectivity index (χ3n) is 6.23. The first-order valence-electron chi connectivity index (χ1n) is 11.5. The third kappa shape index (κ3) is 4.10. The maximum absolute atomic E-state index is 13.7. The maximum Gasteiger partial charge on any atom is 0.273 e. The highest BCUT2D eigenvalue weighted by molar-refractivity contribution is 6.00. The molecule has 2 heterocycles. The van der Waals surface area contributed by atoms with E-state index in [2.05, 4.69) is 10.2 Å². The molecule has 0 saturated carbocycles. The van der Waals surface area contributed by atoms with Crippen LogP contribution in [0, 0.1) is 0 Å². The van der Waals surface area contributed by atoms with Crippen molar-refractivity contribution in [3.8, 4) is 28.5 Å². The molecule has 1 unspecified atom stereocenters. The van der Waals surface area contributed by atoms with Crippen LogP contribution >= 0.6 is 0 Å². The highest BCUT2D eigenvalue weighted by Gasteiger charge is 2.42. The van der Waals surface area contributed by atoms with E-state index < -0.39 is 0 Å². The van der Waals surface area contributed by atoms with Crippen LogP contribution in [-0.2, 0) is 6.54 Å². The fourth-order valence-corrected chi connectivity index (χ4v) is 4.58. The van der Waals surface area contributed by atoms with Crippen LogP contribution in [0.5, 0.6) is 17.2 Å². The monoisotopic (exact) mass is 469 g/mol. The highest BCUT2D eigenvalue weighted by atomic mass is 16.5. The van der Waals surface area contributed by atoms with Gasteiger partial charge in [0.25, 0.3) is 5.91 Å². The van der Waals surface area contributed by atoms with Gasteiger partial charge in [0, 0.05) is 17.7 Å². The quantitative estimate of drug-likeness (QED) is 0.382. The number of amides is 1. The Morgan fingerprint density at radius 2 is 1.71 bits per heavy atom. The summed E-state index contributed by atoms with van der Waals surface area (Å²) in [6, 6.07) is 23.2. The topological polar surface area (TPSA) is 76.7 Å². The summed E-state index contributed by atoms with van der Waals surface area (Å²) >= 11 is 0. The van der Waals surface area contributed by atoms with Crippen molar-refractivity contribution in [2.24, 2.45) is 0 Å². The van der Waals surface area contributed by atoms with Gasteiger partial charge in [-0.3, -0.25) is 9.89 Å². The van der Waals surface area contributed by atoms with Crippen LogP contribution in [0.3, 0.4) is 0 Å². The molecule has 0 aliphatic carbocycles. The minimum Gasteiger partial charge on any atom is -0.497 e. The molecule has 4 aromatic rings. The number of aromatic amines is 1. The lowest BCUT2D eigenvalue weighted by Gasteiger charge is -2.27. The van der Waals surface area contributed by atoms with Gasteiger partial charge in [-0.2, -0.15) is 5.10 Å². The van der Waals surface area contributed by atoms with E-state index in [4.69, 9.17) is 14.2 Å². The number of rotatable bonds is 8. The summed E-state index contributed by atoms with van der Waals surface area (Å²) in [5.74, 6) is 1.97. The van der Waals surface area contributed by atoms with Crippen LogP contribution in [0.25, 0.3) is 11.3 Å². The smallest absolute Gasteiger partial charge is 0.273 e. The molecular formula is C28H27N3O4. The van der Waals surface area contributed by atoms with Gasteiger partial charge in [-0.25, -0.2) is 0 Å². The second kappa shape index (κ2) is 9.54. The van der Waals surface area contributed by atoms with Crippen molar-refractivity contribution in [3.63, 3.8) is 0 Å². The number of carbonyl (C=O) groups is 1. The zero-order chi connectivity index (χ0) is 24.4. The van der Waals surface area contributed by atoms with E-state index in [1.807, 2.05) is 84.6 Å². The SMILES string of the molecule is CCOc1ccc(C2c3c(-c4ccccc4)n[nH]c3C(=O)N2Cc2ccc(OC)cc2)cc1OC. The molecule has 0 radical (unpaired) electrons. The third-order valence-corrected chi connectivity index (χ3v) is 6.23. The summed E-state index contributed by atoms with van der Waals surface area (Å²) in [7, 11) is 3.26. The first-order chi connectivity index (χ1) is 17.1. The molecule has 5 rings (SSSR count). The first kappa shape index (κ1) is 22.5. The largest absolute Gasteiger partial charge is 0.497 e. The van der Waals surface area contributed by atoms with E-state index in [1.54, 1.807) is 14.2 Å². The number of aromatic nitrogens is 2. The van der Waals surface area contributed by atoms with Crippen molar-refractivity contribution in [2.75, 3.05) is 20.8 Å². The summed E-state index contributed by atoms with van der Waals surface area (Å²) in [4.78, 5) is 15.5. The van der Waals surface area contributed by atoms with Crippen molar-refractivity contribution in [1.29, 1.82) is 0 Å². The lowest BCUT2D eigenvalue weighted by atomic mass is 9.95. The average Bonchev–Trinajstić information content (AvgIpc) is 3.44. The molecule has 178 valence electrons. The van der Waals surface area contributed by atoms with Gasteiger partial charge in [-0.15, -0.1) is 0 Å². The number of fused-ring (bicyclic) bond motifs is 1. The molecule has 35 heavy (non-hydrogen) atoms. The van der Waals surface area contributed by atoms with Crippen molar-refractivity contribution in [1.82, 2.24) is 15.1 Å². The molecule has 0 spiro atoms. The lowest BCUT2D eigenvalue weighted by Crippen LogP contribution is -2.29. The van der Waals surface area contributed by atoms with Gasteiger partial charge in [0.15, 0.2) is 11.5 Å². The average molecular weight is 470 g/mol. The predicted molar refractivity (Wildman–Crippen MR) is 133 cm³/mol. The second-order valence-corrected chi connectivity index (χ2v) is 8.25. The van der Waals surface area contributed by atoms with Gasteiger partial charge in [-0.05, 0) is 42.3 Å². The molecule has 1 aliphatic rings. The second-order valence-electron chi connectivity index (χ2n) is 8.25. The fourth-order valence-electron chi connectivity index (χ4n) is 4.58. The molecule has 0 fully saturated rings. The minimum atomic E-state index is -0.349. The Hall–Kier alpha value is -4.26. The van der Waals surface area contributed by atoms with Crippen molar-refractivity contribution in [2.45, 2.75) is 19.5 Å². The Kier molecular flexibility index (Phi) is 6.14. The number of nitrogens with zero attached hydrogens (tertiary/aromatic N) is 2. The van der Waals surface area contributed by atoms with Crippen LogP contribution < -0.4 is 14.2 Å². The number of carbonyl (C=O) groups excluding carboxylic acids is 1. The van der Waals surface area contributed by atoms with Gasteiger partial charge in [-0.1, -0.05) is 48.5 Å². The Bertz CT molecular complexity index is 1330. The van der Waals surface area contributed by atoms with Crippen molar-refractivity contribution in [3.05, 3.63) is 95.2 Å². The van der Waals surface area contributed by atoms with Gasteiger partial charge >= 0.3 is 0 Å². The standard InChI is InChI=1S/C28H27N3O4/c1-4-35-22-15-12-20(16-23(22)34-3)27-24-25(19-8-6-5-7-9-19)29-30-26(24)28(32)31(27)17-18-10-13-21(33-2)14-11-18/h5-16,27H,4,17H2,1-3H3,(H,29,30). The van der Waals surface area contributed by atoms with Crippen LogP contribution in [0.15, 0.2) is 72.8 Å². The predicted octanol–water partition coefficient (Wildman–Crippen LogP) is 5.24. The van der Waals surface area contributed by atoms with E-state index in [0.717, 1.165) is 33.7 Å². The Morgan fingerprint density at radius 1 is 0.943 bits per heavy atom. The molecular weight excluding hydrogens is 442 g/mol. The molecule has 0 saturated heterocycles. The number of methoxy groups -OCH3 is 2. The molecule has 1 aromatic heterocycles. The summed E-state index contributed by atoms with van der Waals surface area (Å²) in [5, 5.41) is 7.55. The van der Waals surface area contributed by atoms with E-state index >= 15 is 0 Å². The minimum absolute atomic E-state index is 0.0941. The highest BCUT2D eigenvalue weighted by Crippen LogP contribution is 2.45. The summed E-state index contributed by atoms with van der Waals surface area (Å²) in [6.07, 6.45) is 0. The van der Waals surface area contributed by atoms with E-state index in [-0.39, 0.29) is 11.9 Å². The Balaban J connectivity index is 1.62. The number of hydrogen-bond donors (Lipinski definition) is 1. The van der Waals surface area contributed by atoms with E-state index in [1.165, 1.54) is 0 Å². The number of nitrogens with one attached hydrogen (secondary N) is 1. The molecule has 1 aliphatic heterocycles. The number of H-pyrrole nitrogens is 1. The summed E-state index contributed by atoms with van der Waals surface area (Å²) in [5.41, 5.74) is 5.01. The number of hydrogen-bond acceptors (Lipinski definition) is 5. The maximum atomic E-state index is 13.7. The molecule has 1 N–H and O–H groups in total. The van der Waals surface area contributed by atoms with Crippen LogP contribution in [0.1, 0.15) is 40.1 Å². The first-order valence-corrected chi connectivity index (χ1v) is 11.5. The Labute approximate surface area is 204 Å². The number of ether oxygens (including phenoxy) is 3. The van der Waals surface area contributed by atoms with Gasteiger partial charge in [0.1, 0.15) is 11.4 Å². The molecule has 3 aromatic carbocycles. The lowest BCUT2D eigenvalue weighted by molar-refractivity contribution is 0.0730. The molecule has 7 heteroatoms. The summed E-state index contributed by atoms with van der Waals surface area (Å²) < 4.78 is 16.6. The van der Waals surface area contributed by atoms with Crippen LogP contribution in [0.4, 0.5) is 0 Å². The van der Waals surface area contributed by atoms with Gasteiger partial charge in [0.05, 0.1) is 32.6 Å². The molecule has 7 nitrogen and oxygen atoms in total. The zero-order valence-corrected chi connectivity index (χ0v) is 19.9. The fraction of sp³-hybridized carbons (Fsp3) is 0.214. The normalized spacial score (nSPS) is 14.7. The van der Waals surface area contributed by atoms with Gasteiger partial charge < -0.3 is 19.1 Å². The van der Waals surface area contributed by atoms with Gasteiger partial charge in [0.2, 0.25) is 0 Å². The van der Waals surface area contributed by atoms with E-state index in [9.17, 15) is 4.79 Å². The summed E-state index contributed by atoms with van der Waals surface area (Å²) in [6.45, 7) is 2.90. The van der Waals surface area contributed by atoms with Crippen LogP contribution in [-0.4, -0.2) is 41.8 Å².